The van der Waals surface area contributed by atoms with Gasteiger partial charge in [0, 0.05) is 6.54 Å². The average molecular weight is 262 g/mol. The quantitative estimate of drug-likeness (QED) is 0.790. The molecule has 0 spiro atoms. The fourth-order valence-corrected chi connectivity index (χ4v) is 2.27. The smallest absolute Gasteiger partial charge is 0.224 e. The lowest BCUT2D eigenvalue weighted by Gasteiger charge is -2.21. The van der Waals surface area contributed by atoms with Crippen molar-refractivity contribution < 1.29 is 9.53 Å². The normalized spacial score (nSPS) is 18.9. The molecule has 1 aromatic carbocycles. The molecule has 0 unspecified atom stereocenters. The van der Waals surface area contributed by atoms with Gasteiger partial charge in [0.1, 0.15) is 12.4 Å². The van der Waals surface area contributed by atoms with Crippen molar-refractivity contribution in [2.75, 3.05) is 26.2 Å². The molecule has 1 heterocycles. The predicted octanol–water partition coefficient (Wildman–Crippen LogP) is 1.49. The molecule has 2 N–H and O–H groups in total. The first-order valence-electron chi connectivity index (χ1n) is 6.93. The van der Waals surface area contributed by atoms with Gasteiger partial charge in [0.05, 0.1) is 12.5 Å². The lowest BCUT2D eigenvalue weighted by molar-refractivity contribution is -0.125. The van der Waals surface area contributed by atoms with Crippen LogP contribution in [0.5, 0.6) is 5.75 Å². The third kappa shape index (κ3) is 4.56. The Morgan fingerprint density at radius 1 is 1.53 bits per heavy atom. The van der Waals surface area contributed by atoms with Crippen molar-refractivity contribution in [2.24, 2.45) is 5.92 Å². The van der Waals surface area contributed by atoms with E-state index >= 15 is 0 Å². The Kier molecular flexibility index (Phi) is 5.21. The minimum atomic E-state index is 0.118. The van der Waals surface area contributed by atoms with Crippen molar-refractivity contribution in [3.8, 4) is 5.75 Å². The number of carbonyl (C=O) groups is 1. The standard InChI is InChI=1S/C15H22N2O2/c1-12-4-2-6-14(10-12)19-9-8-17-15(18)13-5-3-7-16-11-13/h2,4,6,10,13,16H,3,5,7-9,11H2,1H3,(H,17,18)/t13-/m0/s1. The van der Waals surface area contributed by atoms with Crippen LogP contribution in [0.2, 0.25) is 0 Å². The summed E-state index contributed by atoms with van der Waals surface area (Å²) in [5.74, 6) is 1.11. The van der Waals surface area contributed by atoms with Crippen LogP contribution in [-0.2, 0) is 4.79 Å². The first-order valence-corrected chi connectivity index (χ1v) is 6.93. The maximum absolute atomic E-state index is 11.9. The Balaban J connectivity index is 1.65. The first kappa shape index (κ1) is 13.9. The Hall–Kier alpha value is -1.55. The number of hydrogen-bond donors (Lipinski definition) is 2. The van der Waals surface area contributed by atoms with E-state index in [1.165, 1.54) is 5.56 Å². The van der Waals surface area contributed by atoms with Gasteiger partial charge in [-0.05, 0) is 44.0 Å². The highest BCUT2D eigenvalue weighted by molar-refractivity contribution is 5.78. The summed E-state index contributed by atoms with van der Waals surface area (Å²) in [5.41, 5.74) is 1.18. The zero-order valence-electron chi connectivity index (χ0n) is 11.4. The van der Waals surface area contributed by atoms with Crippen LogP contribution < -0.4 is 15.4 Å². The molecule has 0 bridgehead atoms. The van der Waals surface area contributed by atoms with Gasteiger partial charge in [-0.1, -0.05) is 12.1 Å². The van der Waals surface area contributed by atoms with Crippen molar-refractivity contribution in [3.05, 3.63) is 29.8 Å². The van der Waals surface area contributed by atoms with Gasteiger partial charge in [-0.2, -0.15) is 0 Å². The second kappa shape index (κ2) is 7.14. The topological polar surface area (TPSA) is 50.4 Å². The molecule has 1 fully saturated rings. The second-order valence-corrected chi connectivity index (χ2v) is 5.00. The number of benzene rings is 1. The van der Waals surface area contributed by atoms with Crippen LogP contribution in [0.3, 0.4) is 0 Å². The number of carbonyl (C=O) groups excluding carboxylic acids is 1. The molecule has 1 aromatic rings. The van der Waals surface area contributed by atoms with E-state index < -0.39 is 0 Å². The Morgan fingerprint density at radius 2 is 2.42 bits per heavy atom. The van der Waals surface area contributed by atoms with Crippen LogP contribution in [0.15, 0.2) is 24.3 Å². The van der Waals surface area contributed by atoms with Crippen LogP contribution in [0.1, 0.15) is 18.4 Å². The molecular formula is C15H22N2O2. The molecule has 1 saturated heterocycles. The third-order valence-electron chi connectivity index (χ3n) is 3.33. The number of ether oxygens (including phenoxy) is 1. The zero-order chi connectivity index (χ0) is 13.5. The number of hydrogen-bond acceptors (Lipinski definition) is 3. The molecule has 0 saturated carbocycles. The van der Waals surface area contributed by atoms with Crippen LogP contribution in [0.4, 0.5) is 0 Å². The van der Waals surface area contributed by atoms with E-state index in [0.29, 0.717) is 13.2 Å². The van der Waals surface area contributed by atoms with Gasteiger partial charge in [-0.25, -0.2) is 0 Å². The molecule has 1 aliphatic heterocycles. The highest BCUT2D eigenvalue weighted by Gasteiger charge is 2.20. The number of nitrogens with one attached hydrogen (secondary N) is 2. The minimum Gasteiger partial charge on any atom is -0.492 e. The van der Waals surface area contributed by atoms with Crippen LogP contribution in [0, 0.1) is 12.8 Å². The molecule has 104 valence electrons. The largest absolute Gasteiger partial charge is 0.492 e. The SMILES string of the molecule is Cc1cccc(OCCNC(=O)[C@H]2CCCNC2)c1. The molecule has 4 nitrogen and oxygen atoms in total. The number of aryl methyl sites for hydroxylation is 1. The maximum atomic E-state index is 11.9. The summed E-state index contributed by atoms with van der Waals surface area (Å²) >= 11 is 0. The van der Waals surface area contributed by atoms with Gasteiger partial charge in [0.25, 0.3) is 0 Å². The van der Waals surface area contributed by atoms with E-state index in [0.717, 1.165) is 31.7 Å². The van der Waals surface area contributed by atoms with Crippen molar-refractivity contribution in [1.82, 2.24) is 10.6 Å². The maximum Gasteiger partial charge on any atom is 0.224 e. The van der Waals surface area contributed by atoms with Crippen molar-refractivity contribution in [3.63, 3.8) is 0 Å². The molecule has 0 radical (unpaired) electrons. The molecule has 0 aliphatic carbocycles. The van der Waals surface area contributed by atoms with Crippen LogP contribution in [-0.4, -0.2) is 32.1 Å². The summed E-state index contributed by atoms with van der Waals surface area (Å²) in [6.45, 7) is 4.92. The van der Waals surface area contributed by atoms with E-state index in [1.54, 1.807) is 0 Å². The van der Waals surface area contributed by atoms with E-state index in [9.17, 15) is 4.79 Å². The zero-order valence-corrected chi connectivity index (χ0v) is 11.4. The van der Waals surface area contributed by atoms with Crippen LogP contribution >= 0.6 is 0 Å². The van der Waals surface area contributed by atoms with Gasteiger partial charge in [0.2, 0.25) is 5.91 Å². The third-order valence-corrected chi connectivity index (χ3v) is 3.33. The monoisotopic (exact) mass is 262 g/mol. The minimum absolute atomic E-state index is 0.118. The van der Waals surface area contributed by atoms with Crippen molar-refractivity contribution >= 4 is 5.91 Å². The Labute approximate surface area is 114 Å². The van der Waals surface area contributed by atoms with Crippen molar-refractivity contribution in [1.29, 1.82) is 0 Å². The lowest BCUT2D eigenvalue weighted by atomic mass is 9.99. The molecule has 0 aromatic heterocycles. The summed E-state index contributed by atoms with van der Waals surface area (Å²) in [6, 6.07) is 7.93. The summed E-state index contributed by atoms with van der Waals surface area (Å²) in [4.78, 5) is 11.9. The van der Waals surface area contributed by atoms with Gasteiger partial charge < -0.3 is 15.4 Å². The number of amides is 1. The summed E-state index contributed by atoms with van der Waals surface area (Å²) in [7, 11) is 0. The van der Waals surface area contributed by atoms with E-state index in [4.69, 9.17) is 4.74 Å². The highest BCUT2D eigenvalue weighted by atomic mass is 16.5. The second-order valence-electron chi connectivity index (χ2n) is 5.00. The summed E-state index contributed by atoms with van der Waals surface area (Å²) in [6.07, 6.45) is 2.06. The first-order chi connectivity index (χ1) is 9.25. The van der Waals surface area contributed by atoms with E-state index in [1.807, 2.05) is 31.2 Å². The summed E-state index contributed by atoms with van der Waals surface area (Å²) in [5, 5.41) is 6.18. The molecule has 1 amide bonds. The fraction of sp³-hybridized carbons (Fsp3) is 0.533. The lowest BCUT2D eigenvalue weighted by Crippen LogP contribution is -2.41. The Morgan fingerprint density at radius 3 is 3.16 bits per heavy atom. The average Bonchev–Trinajstić information content (AvgIpc) is 2.44. The number of rotatable bonds is 5. The van der Waals surface area contributed by atoms with Gasteiger partial charge in [-0.3, -0.25) is 4.79 Å². The fourth-order valence-electron chi connectivity index (χ4n) is 2.27. The molecule has 4 heteroatoms. The molecule has 2 rings (SSSR count). The van der Waals surface area contributed by atoms with E-state index in [2.05, 4.69) is 10.6 Å². The Bertz CT molecular complexity index is 414. The van der Waals surface area contributed by atoms with Crippen LogP contribution in [0.25, 0.3) is 0 Å². The molecule has 19 heavy (non-hydrogen) atoms. The summed E-state index contributed by atoms with van der Waals surface area (Å²) < 4.78 is 5.59. The van der Waals surface area contributed by atoms with E-state index in [-0.39, 0.29) is 11.8 Å². The predicted molar refractivity (Wildman–Crippen MR) is 75.3 cm³/mol. The molecule has 1 aliphatic rings. The van der Waals surface area contributed by atoms with Gasteiger partial charge in [-0.15, -0.1) is 0 Å². The number of piperidine rings is 1. The van der Waals surface area contributed by atoms with Crippen molar-refractivity contribution in [2.45, 2.75) is 19.8 Å². The molecule has 1 atom stereocenters. The molecular weight excluding hydrogens is 240 g/mol. The van der Waals surface area contributed by atoms with Gasteiger partial charge in [0.15, 0.2) is 0 Å². The van der Waals surface area contributed by atoms with Gasteiger partial charge >= 0.3 is 0 Å². The highest BCUT2D eigenvalue weighted by Crippen LogP contribution is 2.12.